The van der Waals surface area contributed by atoms with Crippen LogP contribution in [0.5, 0.6) is 0 Å². The van der Waals surface area contributed by atoms with E-state index in [1.807, 2.05) is 20.8 Å². The summed E-state index contributed by atoms with van der Waals surface area (Å²) >= 11 is 0. The highest BCUT2D eigenvalue weighted by atomic mass is 16.5. The number of aliphatic hydroxyl groups is 3. The molecule has 0 fully saturated rings. The Morgan fingerprint density at radius 2 is 1.46 bits per heavy atom. The average Bonchev–Trinajstić information content (AvgIpc) is 2.03. The molecule has 0 atom stereocenters. The lowest BCUT2D eigenvalue weighted by Gasteiger charge is -2.16. The minimum Gasteiger partial charge on any atom is -0.394 e. The maximum Gasteiger partial charge on any atom is 0.0891 e. The van der Waals surface area contributed by atoms with Gasteiger partial charge in [-0.05, 0) is 5.41 Å². The molecule has 0 saturated carbocycles. The fourth-order valence-electron chi connectivity index (χ4n) is 0.362. The van der Waals surface area contributed by atoms with Gasteiger partial charge in [-0.2, -0.15) is 0 Å². The van der Waals surface area contributed by atoms with Crippen LogP contribution in [0.4, 0.5) is 0 Å². The Labute approximate surface area is 80.2 Å². The number of hydrogen-bond donors (Lipinski definition) is 3. The van der Waals surface area contributed by atoms with Crippen LogP contribution in [0.1, 0.15) is 20.8 Å². The van der Waals surface area contributed by atoms with Gasteiger partial charge in [-0.3, -0.25) is 0 Å². The van der Waals surface area contributed by atoms with E-state index in [4.69, 9.17) is 20.1 Å². The summed E-state index contributed by atoms with van der Waals surface area (Å²) in [5.74, 6) is 0. The molecular formula is C9H21O4. The molecule has 0 unspecified atom stereocenters. The topological polar surface area (TPSA) is 69.9 Å². The van der Waals surface area contributed by atoms with Crippen LogP contribution in [0.2, 0.25) is 0 Å². The largest absolute Gasteiger partial charge is 0.394 e. The maximum atomic E-state index is 8.32. The van der Waals surface area contributed by atoms with Crippen molar-refractivity contribution in [1.29, 1.82) is 0 Å². The van der Waals surface area contributed by atoms with Crippen molar-refractivity contribution in [2.75, 3.05) is 26.4 Å². The van der Waals surface area contributed by atoms with Crippen molar-refractivity contribution in [3.05, 3.63) is 6.61 Å². The van der Waals surface area contributed by atoms with Crippen LogP contribution in [-0.2, 0) is 4.74 Å². The fourth-order valence-corrected chi connectivity index (χ4v) is 0.362. The molecule has 0 rings (SSSR count). The van der Waals surface area contributed by atoms with Gasteiger partial charge in [-0.25, -0.2) is 0 Å². The van der Waals surface area contributed by atoms with Crippen LogP contribution in [0.3, 0.4) is 0 Å². The van der Waals surface area contributed by atoms with Crippen LogP contribution < -0.4 is 0 Å². The van der Waals surface area contributed by atoms with Gasteiger partial charge in [-0.1, -0.05) is 20.8 Å². The van der Waals surface area contributed by atoms with E-state index in [0.717, 1.165) is 0 Å². The molecule has 3 N–H and O–H groups in total. The molecule has 13 heavy (non-hydrogen) atoms. The zero-order valence-corrected chi connectivity index (χ0v) is 8.66. The normalized spacial score (nSPS) is 10.6. The molecule has 0 bridgehead atoms. The van der Waals surface area contributed by atoms with Crippen LogP contribution in [0, 0.1) is 12.0 Å². The average molecular weight is 193 g/mol. The molecule has 1 radical (unpaired) electrons. The molecule has 81 valence electrons. The van der Waals surface area contributed by atoms with E-state index in [-0.39, 0.29) is 25.2 Å². The third kappa shape index (κ3) is 24.5. The van der Waals surface area contributed by atoms with Gasteiger partial charge in [0.1, 0.15) is 0 Å². The molecule has 4 nitrogen and oxygen atoms in total. The van der Waals surface area contributed by atoms with Crippen molar-refractivity contribution >= 4 is 0 Å². The standard InChI is InChI=1S/C7H15O2.C2H6O2/c1-7(2,3)6-9-5-4-8;3-1-2-4/h6,8H,4-5H2,1-3H3;3-4H,1-2H2. The van der Waals surface area contributed by atoms with Crippen LogP contribution in [0.15, 0.2) is 0 Å². The zero-order valence-electron chi connectivity index (χ0n) is 8.66. The minimum absolute atomic E-state index is 0.0899. The number of hydrogen-bond acceptors (Lipinski definition) is 4. The van der Waals surface area contributed by atoms with Crippen molar-refractivity contribution in [1.82, 2.24) is 0 Å². The van der Waals surface area contributed by atoms with Crippen molar-refractivity contribution in [3.63, 3.8) is 0 Å². The second-order valence-electron chi connectivity index (χ2n) is 3.53. The van der Waals surface area contributed by atoms with E-state index in [1.165, 1.54) is 0 Å². The fraction of sp³-hybridized carbons (Fsp3) is 0.889. The predicted octanol–water partition coefficient (Wildman–Crippen LogP) is 0.174. The van der Waals surface area contributed by atoms with Gasteiger partial charge in [0.15, 0.2) is 0 Å². The summed E-state index contributed by atoms with van der Waals surface area (Å²) in [4.78, 5) is 0. The van der Waals surface area contributed by atoms with E-state index in [2.05, 4.69) is 0 Å². The van der Waals surface area contributed by atoms with E-state index in [1.54, 1.807) is 6.61 Å². The molecule has 0 aromatic heterocycles. The van der Waals surface area contributed by atoms with E-state index >= 15 is 0 Å². The molecule has 0 amide bonds. The Balaban J connectivity index is 0. The summed E-state index contributed by atoms with van der Waals surface area (Å²) < 4.78 is 4.97. The first-order chi connectivity index (χ1) is 5.97. The lowest BCUT2D eigenvalue weighted by molar-refractivity contribution is 0.100. The summed E-state index contributed by atoms with van der Waals surface area (Å²) in [6.45, 7) is 8.12. The van der Waals surface area contributed by atoms with Crippen LogP contribution in [0.25, 0.3) is 0 Å². The summed E-state index contributed by atoms with van der Waals surface area (Å²) in [6, 6.07) is 0. The monoisotopic (exact) mass is 193 g/mol. The molecule has 0 aromatic carbocycles. The Kier molecular flexibility index (Phi) is 11.7. The highest BCUT2D eigenvalue weighted by molar-refractivity contribution is 4.70. The molecule has 0 heterocycles. The van der Waals surface area contributed by atoms with Gasteiger partial charge in [-0.15, -0.1) is 0 Å². The molecule has 0 aliphatic heterocycles. The van der Waals surface area contributed by atoms with Gasteiger partial charge in [0.25, 0.3) is 0 Å². The Bertz CT molecular complexity index is 86.1. The number of ether oxygens (including phenoxy) is 1. The predicted molar refractivity (Wildman–Crippen MR) is 51.0 cm³/mol. The summed E-state index contributed by atoms with van der Waals surface area (Å²) in [7, 11) is 0. The van der Waals surface area contributed by atoms with Crippen molar-refractivity contribution in [2.24, 2.45) is 5.41 Å². The molecular weight excluding hydrogens is 172 g/mol. The summed E-state index contributed by atoms with van der Waals surface area (Å²) in [6.07, 6.45) is 0. The second kappa shape index (κ2) is 9.92. The third-order valence-corrected chi connectivity index (χ3v) is 0.746. The van der Waals surface area contributed by atoms with E-state index in [9.17, 15) is 0 Å². The van der Waals surface area contributed by atoms with Gasteiger partial charge in [0, 0.05) is 0 Å². The van der Waals surface area contributed by atoms with Crippen molar-refractivity contribution in [3.8, 4) is 0 Å². The van der Waals surface area contributed by atoms with Crippen molar-refractivity contribution < 1.29 is 20.1 Å². The smallest absolute Gasteiger partial charge is 0.0891 e. The van der Waals surface area contributed by atoms with E-state index < -0.39 is 0 Å². The van der Waals surface area contributed by atoms with Gasteiger partial charge >= 0.3 is 0 Å². The molecule has 4 heteroatoms. The molecule has 0 aliphatic carbocycles. The summed E-state index contributed by atoms with van der Waals surface area (Å²) in [5.41, 5.74) is 0.0924. The van der Waals surface area contributed by atoms with Gasteiger partial charge in [0.05, 0.1) is 33.0 Å². The highest BCUT2D eigenvalue weighted by Crippen LogP contribution is 2.16. The maximum absolute atomic E-state index is 8.32. The number of aliphatic hydroxyl groups excluding tert-OH is 3. The Hall–Kier alpha value is -0.160. The third-order valence-electron chi connectivity index (χ3n) is 0.746. The second-order valence-corrected chi connectivity index (χ2v) is 3.53. The first-order valence-electron chi connectivity index (χ1n) is 4.26. The lowest BCUT2D eigenvalue weighted by Crippen LogP contribution is -2.10. The van der Waals surface area contributed by atoms with Crippen LogP contribution in [-0.4, -0.2) is 41.7 Å². The van der Waals surface area contributed by atoms with Crippen LogP contribution >= 0.6 is 0 Å². The Morgan fingerprint density at radius 3 is 1.69 bits per heavy atom. The SMILES string of the molecule is CC(C)(C)[CH]OCCO.OCCO. The molecule has 0 aromatic rings. The first kappa shape index (κ1) is 15.3. The quantitative estimate of drug-likeness (QED) is 0.557. The van der Waals surface area contributed by atoms with Gasteiger partial charge in [0.2, 0.25) is 0 Å². The minimum atomic E-state index is -0.125. The van der Waals surface area contributed by atoms with Gasteiger partial charge < -0.3 is 20.1 Å². The number of rotatable bonds is 4. The zero-order chi connectivity index (χ0) is 10.7. The molecule has 0 aliphatic rings. The summed E-state index contributed by atoms with van der Waals surface area (Å²) in [5, 5.41) is 23.6. The Morgan fingerprint density at radius 1 is 1.00 bits per heavy atom. The highest BCUT2D eigenvalue weighted by Gasteiger charge is 2.09. The van der Waals surface area contributed by atoms with E-state index in [0.29, 0.717) is 6.61 Å². The first-order valence-corrected chi connectivity index (χ1v) is 4.26. The lowest BCUT2D eigenvalue weighted by atomic mass is 9.99. The molecule has 0 saturated heterocycles. The molecule has 0 spiro atoms. The van der Waals surface area contributed by atoms with Crippen molar-refractivity contribution in [2.45, 2.75) is 20.8 Å².